The Morgan fingerprint density at radius 2 is 0.875 bits per heavy atom. The van der Waals surface area contributed by atoms with Gasteiger partial charge in [0.25, 0.3) is 0 Å². The average molecular weight is 335 g/mol. The molecule has 0 aliphatic heterocycles. The quantitative estimate of drug-likeness (QED) is 0.614. The topological polar surface area (TPSA) is 0 Å². The summed E-state index contributed by atoms with van der Waals surface area (Å²) in [6.07, 6.45) is -2.04. The molecule has 0 bridgehead atoms. The van der Waals surface area contributed by atoms with Crippen LogP contribution in [0.2, 0.25) is 0 Å². The summed E-state index contributed by atoms with van der Waals surface area (Å²) in [6, 6.07) is 0. The third-order valence-electron chi connectivity index (χ3n) is 0. The van der Waals surface area contributed by atoms with Crippen molar-refractivity contribution in [3.05, 3.63) is 0 Å². The van der Waals surface area contributed by atoms with E-state index in [4.69, 9.17) is 0 Å². The Morgan fingerprint density at radius 3 is 0.875 bits per heavy atom. The van der Waals surface area contributed by atoms with Crippen LogP contribution in [0.25, 0.3) is 0 Å². The molecular formula is H3AlCo2NiS4. The molecule has 0 spiro atoms. The van der Waals surface area contributed by atoms with Gasteiger partial charge in [-0.3, -0.25) is 0 Å². The number of rotatable bonds is 0. The molecule has 0 unspecified atom stereocenters. The summed E-state index contributed by atoms with van der Waals surface area (Å²) in [7, 11) is 17.5. The SMILES string of the molecule is [AlH3].[Co].[Ni].[S]=[Co](=[S])(=[S])=[S]. The van der Waals surface area contributed by atoms with Crippen LogP contribution in [0.15, 0.2) is 0 Å². The van der Waals surface area contributed by atoms with Crippen molar-refractivity contribution in [1.29, 1.82) is 0 Å². The van der Waals surface area contributed by atoms with Gasteiger partial charge in [0.05, 0.1) is 0 Å². The first-order valence-electron chi connectivity index (χ1n) is 0.544. The molecule has 0 saturated carbocycles. The fourth-order valence-corrected chi connectivity index (χ4v) is 0. The molecule has 0 aromatic carbocycles. The van der Waals surface area contributed by atoms with Crippen molar-refractivity contribution >= 4 is 59.8 Å². The van der Waals surface area contributed by atoms with E-state index < -0.39 is 6.16 Å². The van der Waals surface area contributed by atoms with Gasteiger partial charge in [-0.15, -0.1) is 0 Å². The molecular weight excluding hydrogens is 332 g/mol. The van der Waals surface area contributed by atoms with Gasteiger partial charge in [0.1, 0.15) is 0 Å². The molecule has 0 rings (SSSR count). The van der Waals surface area contributed by atoms with Crippen LogP contribution in [0.4, 0.5) is 0 Å². The van der Waals surface area contributed by atoms with Crippen molar-refractivity contribution in [2.75, 3.05) is 0 Å². The summed E-state index contributed by atoms with van der Waals surface area (Å²) in [4.78, 5) is 0. The predicted molar refractivity (Wildman–Crippen MR) is 40.3 cm³/mol. The van der Waals surface area contributed by atoms with Gasteiger partial charge in [0, 0.05) is 33.3 Å². The zero-order valence-corrected chi connectivity index (χ0v) is 8.95. The van der Waals surface area contributed by atoms with E-state index in [0.29, 0.717) is 0 Å². The van der Waals surface area contributed by atoms with Gasteiger partial charge in [0.15, 0.2) is 17.4 Å². The van der Waals surface area contributed by atoms with Crippen LogP contribution >= 0.6 is 42.4 Å². The van der Waals surface area contributed by atoms with Gasteiger partial charge < -0.3 is 0 Å². The van der Waals surface area contributed by atoms with Gasteiger partial charge in [0.2, 0.25) is 0 Å². The molecule has 0 fully saturated rings. The minimum atomic E-state index is -2.04. The predicted octanol–water partition coefficient (Wildman–Crippen LogP) is 1.40. The normalized spacial score (nSPS) is 7.00. The molecule has 0 aromatic rings. The van der Waals surface area contributed by atoms with Gasteiger partial charge in [-0.25, -0.2) is 0 Å². The molecule has 0 heterocycles. The third-order valence-corrected chi connectivity index (χ3v) is 0. The molecule has 0 aliphatic carbocycles. The van der Waals surface area contributed by atoms with Crippen LogP contribution in [0.3, 0.4) is 0 Å². The Bertz CT molecular complexity index is 165. The summed E-state index contributed by atoms with van der Waals surface area (Å²) in [5.41, 5.74) is 0. The number of hydrogen-bond donors (Lipinski definition) is 0. The second-order valence-electron chi connectivity index (χ2n) is 0.333. The Morgan fingerprint density at radius 1 is 0.875 bits per heavy atom. The Labute approximate surface area is 97.5 Å². The molecule has 1 radical (unpaired) electrons. The van der Waals surface area contributed by atoms with Crippen molar-refractivity contribution in [3.63, 3.8) is 0 Å². The van der Waals surface area contributed by atoms with Crippen molar-refractivity contribution in [1.82, 2.24) is 0 Å². The van der Waals surface area contributed by atoms with Crippen LogP contribution in [0.5, 0.6) is 0 Å². The van der Waals surface area contributed by atoms with Crippen LogP contribution in [0, 0.1) is 0 Å². The molecule has 8 heteroatoms. The van der Waals surface area contributed by atoms with Crippen LogP contribution in [-0.2, 0) is 39.4 Å². The van der Waals surface area contributed by atoms with Gasteiger partial charge in [-0.2, -0.15) is 0 Å². The van der Waals surface area contributed by atoms with E-state index in [1.807, 2.05) is 0 Å². The molecule has 8 heavy (non-hydrogen) atoms. The van der Waals surface area contributed by atoms with Crippen LogP contribution in [-0.4, -0.2) is 17.4 Å². The molecule has 0 saturated heterocycles. The Balaban J connectivity index is -0.0000000267. The molecule has 0 amide bonds. The van der Waals surface area contributed by atoms with E-state index in [2.05, 4.69) is 42.4 Å². The van der Waals surface area contributed by atoms with E-state index in [0.717, 1.165) is 0 Å². The fourth-order valence-electron chi connectivity index (χ4n) is 0. The molecule has 0 N–H and O–H groups in total. The van der Waals surface area contributed by atoms with E-state index >= 15 is 0 Å². The Hall–Kier alpha value is 2.92. The first-order valence-corrected chi connectivity index (χ1v) is 6.73. The molecule has 0 aromatic heterocycles. The van der Waals surface area contributed by atoms with Gasteiger partial charge in [-0.1, -0.05) is 0 Å². The monoisotopic (exact) mass is 334 g/mol. The average Bonchev–Trinajstić information content (AvgIpc) is 0.722. The van der Waals surface area contributed by atoms with Crippen molar-refractivity contribution in [2.45, 2.75) is 0 Å². The van der Waals surface area contributed by atoms with Crippen LogP contribution in [0.1, 0.15) is 0 Å². The van der Waals surface area contributed by atoms with E-state index in [1.54, 1.807) is 0 Å². The van der Waals surface area contributed by atoms with Gasteiger partial charge in [-0.05, 0) is 0 Å². The first kappa shape index (κ1) is 22.4. The molecule has 0 nitrogen and oxygen atoms in total. The summed E-state index contributed by atoms with van der Waals surface area (Å²) in [5.74, 6) is 0. The summed E-state index contributed by atoms with van der Waals surface area (Å²) >= 11 is 0. The van der Waals surface area contributed by atoms with Crippen LogP contribution < -0.4 is 0 Å². The van der Waals surface area contributed by atoms with Crippen molar-refractivity contribution in [2.24, 2.45) is 0 Å². The molecule has 0 atom stereocenters. The summed E-state index contributed by atoms with van der Waals surface area (Å²) in [5, 5.41) is 0. The van der Waals surface area contributed by atoms with Crippen molar-refractivity contribution in [3.8, 4) is 0 Å². The van der Waals surface area contributed by atoms with E-state index in [9.17, 15) is 0 Å². The van der Waals surface area contributed by atoms with Crippen molar-refractivity contribution < 1.29 is 39.4 Å². The zero-order valence-electron chi connectivity index (χ0n) is 2.62. The molecule has 58 valence electrons. The fraction of sp³-hybridized carbons (Fsp3) is 0. The standard InChI is InChI=1S/Al.2Co.Ni.4S.3H. The van der Waals surface area contributed by atoms with E-state index in [1.165, 1.54) is 0 Å². The maximum atomic E-state index is 4.38. The molecule has 0 aliphatic rings. The first-order chi connectivity index (χ1) is 2.00. The summed E-state index contributed by atoms with van der Waals surface area (Å²) < 4.78 is 0. The van der Waals surface area contributed by atoms with E-state index in [-0.39, 0.29) is 50.6 Å². The number of hydrogen-bond acceptors (Lipinski definition) is 4. The second-order valence-corrected chi connectivity index (χ2v) is 12.4. The minimum absolute atomic E-state index is 0. The Kier molecular flexibility index (Phi) is 27.8. The maximum absolute atomic E-state index is 4.38. The third kappa shape index (κ3) is 65.6. The second kappa shape index (κ2) is 9.92. The summed E-state index contributed by atoms with van der Waals surface area (Å²) in [6.45, 7) is 0. The zero-order chi connectivity index (χ0) is 4.50. The van der Waals surface area contributed by atoms with Gasteiger partial charge >= 0.3 is 48.6 Å².